The fraction of sp³-hybridized carbons (Fsp3) is 0.385. The van der Waals surface area contributed by atoms with Crippen molar-refractivity contribution in [3.8, 4) is 5.75 Å². The first-order valence-corrected chi connectivity index (χ1v) is 6.05. The molecule has 0 saturated carbocycles. The van der Waals surface area contributed by atoms with Gasteiger partial charge in [0.05, 0.1) is 6.61 Å². The van der Waals surface area contributed by atoms with Crippen LogP contribution in [0.5, 0.6) is 5.75 Å². The molecule has 1 atom stereocenters. The number of hydrogen-bond donors (Lipinski definition) is 2. The van der Waals surface area contributed by atoms with Gasteiger partial charge in [-0.05, 0) is 29.7 Å². The molecule has 0 bridgehead atoms. The van der Waals surface area contributed by atoms with Crippen LogP contribution in [0.4, 0.5) is 4.79 Å². The van der Waals surface area contributed by atoms with Gasteiger partial charge in [-0.25, -0.2) is 4.79 Å². The minimum absolute atomic E-state index is 0.283. The molecule has 0 aliphatic carbocycles. The summed E-state index contributed by atoms with van der Waals surface area (Å²) in [5.41, 5.74) is 0.973. The Bertz CT molecular complexity index is 541. The minimum Gasteiger partial charge on any atom is -0.493 e. The molecule has 1 aromatic carbocycles. The van der Waals surface area contributed by atoms with Gasteiger partial charge in [-0.3, -0.25) is 10.1 Å². The summed E-state index contributed by atoms with van der Waals surface area (Å²) in [6, 6.07) is 5.24. The van der Waals surface area contributed by atoms with Crippen LogP contribution in [0.3, 0.4) is 0 Å². The van der Waals surface area contributed by atoms with Crippen molar-refractivity contribution < 1.29 is 14.3 Å². The summed E-state index contributed by atoms with van der Waals surface area (Å²) < 4.78 is 5.44. The smallest absolute Gasteiger partial charge is 0.322 e. The predicted molar refractivity (Wildman–Crippen MR) is 64.3 cm³/mol. The number of hydrogen-bond acceptors (Lipinski definition) is 3. The largest absolute Gasteiger partial charge is 0.493 e. The number of ether oxygens (including phenoxy) is 1. The molecule has 5 nitrogen and oxygen atoms in total. The number of urea groups is 1. The maximum atomic E-state index is 12.0. The number of benzene rings is 1. The van der Waals surface area contributed by atoms with Crippen LogP contribution in [0.25, 0.3) is 0 Å². The van der Waals surface area contributed by atoms with E-state index in [4.69, 9.17) is 4.74 Å². The van der Waals surface area contributed by atoms with Gasteiger partial charge < -0.3 is 10.1 Å². The molecule has 0 aromatic heterocycles. The van der Waals surface area contributed by atoms with Crippen molar-refractivity contribution in [1.29, 1.82) is 0 Å². The van der Waals surface area contributed by atoms with Gasteiger partial charge in [0.15, 0.2) is 0 Å². The van der Waals surface area contributed by atoms with E-state index in [-0.39, 0.29) is 5.91 Å². The van der Waals surface area contributed by atoms with Crippen molar-refractivity contribution in [2.75, 3.05) is 6.61 Å². The number of nitrogens with one attached hydrogen (secondary N) is 2. The molecule has 0 spiro atoms. The third-order valence-electron chi connectivity index (χ3n) is 3.65. The number of amides is 3. The molecular weight excluding hydrogens is 232 g/mol. The highest BCUT2D eigenvalue weighted by Crippen LogP contribution is 2.33. The highest BCUT2D eigenvalue weighted by Gasteiger charge is 2.46. The molecule has 1 saturated heterocycles. The molecule has 2 aliphatic rings. The molecule has 2 heterocycles. The number of fused-ring (bicyclic) bond motifs is 1. The Labute approximate surface area is 105 Å². The molecule has 2 N–H and O–H groups in total. The highest BCUT2D eigenvalue weighted by atomic mass is 16.5. The highest BCUT2D eigenvalue weighted by molar-refractivity contribution is 6.07. The first-order chi connectivity index (χ1) is 8.65. The van der Waals surface area contributed by atoms with Crippen molar-refractivity contribution in [1.82, 2.24) is 10.6 Å². The van der Waals surface area contributed by atoms with Crippen LogP contribution in [0.15, 0.2) is 18.2 Å². The van der Waals surface area contributed by atoms with E-state index in [9.17, 15) is 9.59 Å². The van der Waals surface area contributed by atoms with E-state index in [0.717, 1.165) is 23.3 Å². The molecule has 3 rings (SSSR count). The molecular formula is C13H14N2O3. The third kappa shape index (κ3) is 1.40. The predicted octanol–water partition coefficient (Wildman–Crippen LogP) is 1.07. The topological polar surface area (TPSA) is 67.4 Å². The summed E-state index contributed by atoms with van der Waals surface area (Å²) >= 11 is 0. The quantitative estimate of drug-likeness (QED) is 0.767. The van der Waals surface area contributed by atoms with Gasteiger partial charge in [-0.1, -0.05) is 13.0 Å². The van der Waals surface area contributed by atoms with E-state index in [0.29, 0.717) is 13.0 Å². The fourth-order valence-corrected chi connectivity index (χ4v) is 2.60. The molecule has 18 heavy (non-hydrogen) atoms. The van der Waals surface area contributed by atoms with Crippen molar-refractivity contribution >= 4 is 11.9 Å². The van der Waals surface area contributed by atoms with Crippen molar-refractivity contribution in [3.05, 3.63) is 29.3 Å². The van der Waals surface area contributed by atoms with Crippen LogP contribution in [-0.2, 0) is 16.8 Å². The summed E-state index contributed by atoms with van der Waals surface area (Å²) in [5, 5.41) is 5.04. The van der Waals surface area contributed by atoms with Crippen LogP contribution < -0.4 is 15.4 Å². The number of carbonyl (C=O) groups is 2. The molecule has 5 heteroatoms. The Hall–Kier alpha value is -2.04. The lowest BCUT2D eigenvalue weighted by Crippen LogP contribution is -2.43. The zero-order valence-corrected chi connectivity index (χ0v) is 10.1. The van der Waals surface area contributed by atoms with E-state index in [1.165, 1.54) is 0 Å². The lowest BCUT2D eigenvalue weighted by molar-refractivity contribution is -0.124. The van der Waals surface area contributed by atoms with E-state index < -0.39 is 11.6 Å². The molecule has 0 radical (unpaired) electrons. The second kappa shape index (κ2) is 3.73. The Morgan fingerprint density at radius 2 is 2.22 bits per heavy atom. The summed E-state index contributed by atoms with van der Waals surface area (Å²) in [7, 11) is 0. The second-order valence-corrected chi connectivity index (χ2v) is 4.59. The van der Waals surface area contributed by atoms with Gasteiger partial charge >= 0.3 is 6.03 Å². The average molecular weight is 246 g/mol. The van der Waals surface area contributed by atoms with E-state index in [2.05, 4.69) is 10.6 Å². The standard InChI is InChI=1S/C13H14N2O3/c1-2-13(11(16)14-12(17)15-13)9-3-4-10-8(7-9)5-6-18-10/h3-4,7H,2,5-6H2,1H3,(H2,14,15,16,17). The van der Waals surface area contributed by atoms with Crippen LogP contribution in [-0.4, -0.2) is 18.5 Å². The molecule has 94 valence electrons. The number of rotatable bonds is 2. The van der Waals surface area contributed by atoms with Gasteiger partial charge in [0, 0.05) is 6.42 Å². The summed E-state index contributed by atoms with van der Waals surface area (Å²) in [6.45, 7) is 2.56. The summed E-state index contributed by atoms with van der Waals surface area (Å²) in [5.74, 6) is 0.587. The van der Waals surface area contributed by atoms with Crippen LogP contribution >= 0.6 is 0 Å². The van der Waals surface area contributed by atoms with E-state index >= 15 is 0 Å². The van der Waals surface area contributed by atoms with Crippen molar-refractivity contribution in [3.63, 3.8) is 0 Å². The van der Waals surface area contributed by atoms with E-state index in [1.807, 2.05) is 25.1 Å². The molecule has 1 fully saturated rings. The SMILES string of the molecule is CCC1(c2ccc3c(c2)CCO3)NC(=O)NC1=O. The monoisotopic (exact) mass is 246 g/mol. The van der Waals surface area contributed by atoms with E-state index in [1.54, 1.807) is 0 Å². The van der Waals surface area contributed by atoms with Gasteiger partial charge in [0.2, 0.25) is 0 Å². The Balaban J connectivity index is 2.07. The van der Waals surface area contributed by atoms with Crippen LogP contribution in [0.2, 0.25) is 0 Å². The molecule has 1 unspecified atom stereocenters. The normalized spacial score (nSPS) is 25.4. The third-order valence-corrected chi connectivity index (χ3v) is 3.65. The number of imide groups is 1. The van der Waals surface area contributed by atoms with Gasteiger partial charge in [-0.15, -0.1) is 0 Å². The Kier molecular flexibility index (Phi) is 2.29. The fourth-order valence-electron chi connectivity index (χ4n) is 2.60. The first kappa shape index (κ1) is 11.1. The average Bonchev–Trinajstić information content (AvgIpc) is 2.92. The molecule has 2 aliphatic heterocycles. The van der Waals surface area contributed by atoms with Gasteiger partial charge in [0.1, 0.15) is 11.3 Å². The molecule has 3 amide bonds. The van der Waals surface area contributed by atoms with Crippen molar-refractivity contribution in [2.45, 2.75) is 25.3 Å². The summed E-state index contributed by atoms with van der Waals surface area (Å²) in [4.78, 5) is 23.4. The lowest BCUT2D eigenvalue weighted by atomic mass is 9.86. The zero-order chi connectivity index (χ0) is 12.8. The minimum atomic E-state index is -0.936. The maximum Gasteiger partial charge on any atom is 0.322 e. The zero-order valence-electron chi connectivity index (χ0n) is 10.1. The van der Waals surface area contributed by atoms with Crippen LogP contribution in [0, 0.1) is 0 Å². The van der Waals surface area contributed by atoms with Crippen molar-refractivity contribution in [2.24, 2.45) is 0 Å². The Morgan fingerprint density at radius 1 is 1.39 bits per heavy atom. The van der Waals surface area contributed by atoms with Gasteiger partial charge in [-0.2, -0.15) is 0 Å². The lowest BCUT2D eigenvalue weighted by Gasteiger charge is -2.25. The summed E-state index contributed by atoms with van der Waals surface area (Å²) in [6.07, 6.45) is 1.36. The number of carbonyl (C=O) groups excluding carboxylic acids is 2. The van der Waals surface area contributed by atoms with Crippen LogP contribution in [0.1, 0.15) is 24.5 Å². The molecule has 1 aromatic rings. The second-order valence-electron chi connectivity index (χ2n) is 4.59. The van der Waals surface area contributed by atoms with Gasteiger partial charge in [0.25, 0.3) is 5.91 Å². The maximum absolute atomic E-state index is 12.0. The Morgan fingerprint density at radius 3 is 2.89 bits per heavy atom. The first-order valence-electron chi connectivity index (χ1n) is 6.05.